The topological polar surface area (TPSA) is 26.0 Å². The Balaban J connectivity index is 1.97. The summed E-state index contributed by atoms with van der Waals surface area (Å²) in [5, 5.41) is 0. The highest BCUT2D eigenvalue weighted by molar-refractivity contribution is 7.22. The molecule has 0 atom stereocenters. The first-order chi connectivity index (χ1) is 1.91. The third-order valence-corrected chi connectivity index (χ3v) is 7.79. The summed E-state index contributed by atoms with van der Waals surface area (Å²) in [6.07, 6.45) is 0. The molecule has 0 aliphatic carbocycles. The van der Waals surface area contributed by atoms with Crippen LogP contribution in [0.3, 0.4) is 0 Å². The lowest BCUT2D eigenvalue weighted by Crippen LogP contribution is -2.13. The Bertz CT molecular complexity index is 5.25. The average Bonchev–Trinajstić information content (AvgIpc) is 1.37. The number of nitrogens with two attached hydrogens (primary N) is 1. The highest BCUT2D eigenvalue weighted by atomic mass is 28.4. The fraction of sp³-hybridized carbons (Fsp3) is 0. The van der Waals surface area contributed by atoms with Gasteiger partial charge in [-0.2, -0.15) is 0 Å². The molecule has 20 valence electrons. The van der Waals surface area contributed by atoms with Crippen LogP contribution in [0.4, 0.5) is 0 Å². The Morgan fingerprint density at radius 1 is 1.75 bits per heavy atom. The SMILES string of the molecule is [NH2][AlH][AlH][AlH2]. The van der Waals surface area contributed by atoms with Gasteiger partial charge in [0.1, 0.15) is 25.8 Å². The minimum absolute atomic E-state index is 0.125. The summed E-state index contributed by atoms with van der Waals surface area (Å²) < 4.78 is 5.26. The van der Waals surface area contributed by atoms with Crippen LogP contribution in [0.15, 0.2) is 0 Å². The van der Waals surface area contributed by atoms with Gasteiger partial charge in [0.15, 0.2) is 0 Å². The van der Waals surface area contributed by atoms with Crippen molar-refractivity contribution in [1.82, 2.24) is 0 Å². The number of hydrogen-bond acceptors (Lipinski definition) is 1. The molecule has 0 amide bonds. The lowest BCUT2D eigenvalue weighted by atomic mass is 13.9. The Labute approximate surface area is 43.9 Å². The van der Waals surface area contributed by atoms with Crippen LogP contribution >= 0.6 is 0 Å². The van der Waals surface area contributed by atoms with E-state index in [1.165, 1.54) is 14.4 Å². The molecule has 0 saturated carbocycles. The Morgan fingerprint density at radius 3 is 2.00 bits per heavy atom. The van der Waals surface area contributed by atoms with Gasteiger partial charge in [-0.1, -0.05) is 0 Å². The lowest BCUT2D eigenvalue weighted by molar-refractivity contribution is 1.98. The molecule has 2 N–H and O–H groups in total. The molecule has 0 aliphatic rings. The van der Waals surface area contributed by atoms with Crippen molar-refractivity contribution >= 4 is 39.3 Å². The van der Waals surface area contributed by atoms with Crippen LogP contribution in [0.1, 0.15) is 0 Å². The summed E-state index contributed by atoms with van der Waals surface area (Å²) in [6.45, 7) is 0. The zero-order valence-electron chi connectivity index (χ0n) is 2.99. The molecule has 1 nitrogen and oxygen atoms in total. The van der Waals surface area contributed by atoms with E-state index < -0.39 is 0 Å². The summed E-state index contributed by atoms with van der Waals surface area (Å²) in [6, 6.07) is 0. The highest BCUT2D eigenvalue weighted by Crippen LogP contribution is 1.17. The maximum Gasteiger partial charge on any atom is 0.246 e. The van der Waals surface area contributed by atoms with Crippen molar-refractivity contribution in [3.8, 4) is 0 Å². The normalized spacial score (nSPS) is 5.25. The van der Waals surface area contributed by atoms with Crippen molar-refractivity contribution in [2.75, 3.05) is 0 Å². The van der Waals surface area contributed by atoms with E-state index in [2.05, 4.69) is 0 Å². The number of rotatable bonds is 1. The second-order valence-corrected chi connectivity index (χ2v) is 16.1. The van der Waals surface area contributed by atoms with Crippen LogP contribution in [0.25, 0.3) is 0 Å². The molecule has 0 fully saturated rings. The number of hydrogen-bond donors (Lipinski definition) is 1. The predicted octanol–water partition coefficient (Wildman–Crippen LogP) is -2.80. The zero-order valence-corrected chi connectivity index (χ0v) is 7.82. The van der Waals surface area contributed by atoms with Gasteiger partial charge in [-0.3, -0.25) is 0 Å². The summed E-state index contributed by atoms with van der Waals surface area (Å²) in [5.74, 6) is 0. The molecular weight excluding hydrogens is 95.0 g/mol. The van der Waals surface area contributed by atoms with Gasteiger partial charge in [0, 0.05) is 0 Å². The smallest absolute Gasteiger partial charge is 0.246 e. The molecule has 0 aromatic carbocycles. The fourth-order valence-electron chi connectivity index (χ4n) is 0. The van der Waals surface area contributed by atoms with Crippen molar-refractivity contribution in [3.63, 3.8) is 0 Å². The Morgan fingerprint density at radius 2 is 2.00 bits per heavy atom. The molecule has 0 rings (SSSR count). The van der Waals surface area contributed by atoms with Gasteiger partial charge in [-0.05, 0) is 0 Å². The van der Waals surface area contributed by atoms with Gasteiger partial charge in [-0.25, -0.2) is 0 Å². The molecule has 0 heterocycles. The van der Waals surface area contributed by atoms with Gasteiger partial charge >= 0.3 is 0 Å². The molecule has 0 unspecified atom stereocenters. The van der Waals surface area contributed by atoms with Gasteiger partial charge < -0.3 is 4.72 Å². The van der Waals surface area contributed by atoms with E-state index in [4.69, 9.17) is 4.72 Å². The molecule has 0 spiro atoms. The molecule has 0 aliphatic heterocycles. The molecule has 0 bridgehead atoms. The monoisotopic (exact) mass is 101 g/mol. The van der Waals surface area contributed by atoms with Gasteiger partial charge in [0.25, 0.3) is 0 Å². The second-order valence-electron chi connectivity index (χ2n) is 0.789. The van der Waals surface area contributed by atoms with Gasteiger partial charge in [0.2, 0.25) is 13.5 Å². The summed E-state index contributed by atoms with van der Waals surface area (Å²) in [7, 11) is 0. The first-order valence-corrected chi connectivity index (χ1v) is 12.1. The van der Waals surface area contributed by atoms with Crippen LogP contribution < -0.4 is 4.72 Å². The Kier molecular flexibility index (Phi) is 6.33. The van der Waals surface area contributed by atoms with Gasteiger partial charge in [-0.15, -0.1) is 0 Å². The summed E-state index contributed by atoms with van der Waals surface area (Å²) in [5.41, 5.74) is 0. The van der Waals surface area contributed by atoms with Crippen LogP contribution in [0.5, 0.6) is 0 Å². The quantitative estimate of drug-likeness (QED) is 0.355. The molecule has 4 heavy (non-hydrogen) atoms. The average molecular weight is 101 g/mol. The van der Waals surface area contributed by atoms with Crippen molar-refractivity contribution in [3.05, 3.63) is 0 Å². The van der Waals surface area contributed by atoms with E-state index >= 15 is 0 Å². The van der Waals surface area contributed by atoms with Crippen LogP contribution in [-0.4, -0.2) is 39.3 Å². The zero-order chi connectivity index (χ0) is 3.41. The minimum atomic E-state index is 0.125. The third-order valence-electron chi connectivity index (χ3n) is 0.289. The highest BCUT2D eigenvalue weighted by Gasteiger charge is 1.74. The second kappa shape index (κ2) is 4.56. The van der Waals surface area contributed by atoms with Crippen molar-refractivity contribution < 1.29 is 0 Å². The maximum absolute atomic E-state index is 5.26. The molecule has 0 aromatic rings. The minimum Gasteiger partial charge on any atom is -0.425 e. The summed E-state index contributed by atoms with van der Waals surface area (Å²) >= 11 is 2.07. The van der Waals surface area contributed by atoms with E-state index in [1.54, 1.807) is 0 Å². The van der Waals surface area contributed by atoms with E-state index in [9.17, 15) is 0 Å². The molecular formula is H6Al3N. The van der Waals surface area contributed by atoms with Crippen LogP contribution in [0.2, 0.25) is 0 Å². The predicted molar refractivity (Wildman–Crippen MR) is 27.0 cm³/mol. The van der Waals surface area contributed by atoms with E-state index in [1.807, 2.05) is 0 Å². The maximum atomic E-state index is 5.26. The van der Waals surface area contributed by atoms with Gasteiger partial charge in [0.05, 0.1) is 0 Å². The molecule has 0 saturated heterocycles. The van der Waals surface area contributed by atoms with E-state index in [-0.39, 0.29) is 13.5 Å². The molecule has 4 heteroatoms. The Hall–Kier alpha value is 1.56. The van der Waals surface area contributed by atoms with Crippen LogP contribution in [-0.2, 0) is 0 Å². The molecule has 0 aromatic heterocycles. The fourth-order valence-corrected chi connectivity index (χ4v) is 0. The molecule has 0 radical (unpaired) electrons. The van der Waals surface area contributed by atoms with Crippen molar-refractivity contribution in [2.24, 2.45) is 4.72 Å². The van der Waals surface area contributed by atoms with E-state index in [0.717, 1.165) is 0 Å². The first kappa shape index (κ1) is 5.56. The van der Waals surface area contributed by atoms with E-state index in [0.29, 0.717) is 11.4 Å². The first-order valence-electron chi connectivity index (χ1n) is 1.62. The largest absolute Gasteiger partial charge is 0.425 e. The lowest BCUT2D eigenvalue weighted by Gasteiger charge is -1.55. The third kappa shape index (κ3) is 3.56. The van der Waals surface area contributed by atoms with Crippen molar-refractivity contribution in [1.29, 1.82) is 0 Å². The van der Waals surface area contributed by atoms with Crippen molar-refractivity contribution in [2.45, 2.75) is 0 Å². The standard InChI is InChI=1S/3Al.H2N.4H/h;;;1H2;;;;/q;;+1;-1;;;;. The summed E-state index contributed by atoms with van der Waals surface area (Å²) in [4.78, 5) is 0. The van der Waals surface area contributed by atoms with Crippen LogP contribution in [0, 0.1) is 0 Å².